The second-order valence-corrected chi connectivity index (χ2v) is 6.59. The maximum atomic E-state index is 12.5. The number of hydrogen-bond acceptors (Lipinski definition) is 4. The van der Waals surface area contributed by atoms with E-state index in [1.165, 1.54) is 12.5 Å². The molecule has 1 aromatic heterocycles. The van der Waals surface area contributed by atoms with E-state index in [1.54, 1.807) is 36.5 Å². The number of carbonyl (C=O) groups excluding carboxylic acids is 2. The van der Waals surface area contributed by atoms with Crippen molar-refractivity contribution in [3.63, 3.8) is 0 Å². The number of aryl methyl sites for hydroxylation is 2. The first-order valence-electron chi connectivity index (χ1n) is 8.90. The van der Waals surface area contributed by atoms with Gasteiger partial charge in [-0.1, -0.05) is 17.7 Å². The third-order valence-corrected chi connectivity index (χ3v) is 4.12. The van der Waals surface area contributed by atoms with Gasteiger partial charge in [0.2, 0.25) is 5.91 Å². The van der Waals surface area contributed by atoms with Gasteiger partial charge in [0.15, 0.2) is 0 Å². The van der Waals surface area contributed by atoms with Gasteiger partial charge in [0.05, 0.1) is 0 Å². The van der Waals surface area contributed by atoms with E-state index in [1.807, 2.05) is 32.0 Å². The number of aromatic nitrogens is 1. The summed E-state index contributed by atoms with van der Waals surface area (Å²) in [7, 11) is 0. The molecule has 3 rings (SSSR count). The van der Waals surface area contributed by atoms with E-state index in [0.29, 0.717) is 17.1 Å². The number of hydrogen-bond donors (Lipinski definition) is 3. The van der Waals surface area contributed by atoms with Crippen molar-refractivity contribution in [3.8, 4) is 0 Å². The standard InChI is InChI=1S/C22H22N4O2/c1-14-4-9-20(15(2)12-14)25-19-10-11-23-21(13-19)22(28)26-18-7-5-17(6-8-18)24-16(3)27/h4-13H,1-3H3,(H,23,25)(H,24,27)(H,26,28). The highest BCUT2D eigenvalue weighted by Crippen LogP contribution is 2.22. The van der Waals surface area contributed by atoms with Crippen molar-refractivity contribution in [2.24, 2.45) is 0 Å². The third-order valence-electron chi connectivity index (χ3n) is 4.12. The maximum Gasteiger partial charge on any atom is 0.274 e. The van der Waals surface area contributed by atoms with Gasteiger partial charge in [-0.3, -0.25) is 14.6 Å². The molecule has 3 aromatic rings. The Morgan fingerprint density at radius 2 is 1.50 bits per heavy atom. The highest BCUT2D eigenvalue weighted by atomic mass is 16.2. The fourth-order valence-corrected chi connectivity index (χ4v) is 2.78. The normalized spacial score (nSPS) is 10.2. The number of pyridine rings is 1. The van der Waals surface area contributed by atoms with Crippen molar-refractivity contribution in [1.82, 2.24) is 4.98 Å². The Bertz CT molecular complexity index is 1010. The predicted molar refractivity (Wildman–Crippen MR) is 112 cm³/mol. The zero-order valence-electron chi connectivity index (χ0n) is 16.0. The van der Waals surface area contributed by atoms with Crippen LogP contribution in [0, 0.1) is 13.8 Å². The van der Waals surface area contributed by atoms with E-state index in [0.717, 1.165) is 16.9 Å². The van der Waals surface area contributed by atoms with Crippen LogP contribution in [0.15, 0.2) is 60.8 Å². The van der Waals surface area contributed by atoms with E-state index >= 15 is 0 Å². The molecule has 0 aliphatic carbocycles. The van der Waals surface area contributed by atoms with Gasteiger partial charge >= 0.3 is 0 Å². The van der Waals surface area contributed by atoms with Crippen molar-refractivity contribution in [2.45, 2.75) is 20.8 Å². The van der Waals surface area contributed by atoms with Crippen LogP contribution in [-0.2, 0) is 4.79 Å². The second kappa shape index (κ2) is 8.35. The third kappa shape index (κ3) is 4.94. The number of nitrogens with one attached hydrogen (secondary N) is 3. The van der Waals surface area contributed by atoms with Crippen LogP contribution >= 0.6 is 0 Å². The molecule has 0 aliphatic heterocycles. The van der Waals surface area contributed by atoms with Crippen LogP contribution < -0.4 is 16.0 Å². The predicted octanol–water partition coefficient (Wildman–Crippen LogP) is 4.65. The molecule has 0 atom stereocenters. The van der Waals surface area contributed by atoms with Gasteiger partial charge < -0.3 is 16.0 Å². The Kier molecular flexibility index (Phi) is 5.69. The molecule has 0 unspecified atom stereocenters. The lowest BCUT2D eigenvalue weighted by Gasteiger charge is -2.11. The molecule has 0 spiro atoms. The lowest BCUT2D eigenvalue weighted by molar-refractivity contribution is -0.114. The Labute approximate surface area is 164 Å². The monoisotopic (exact) mass is 374 g/mol. The lowest BCUT2D eigenvalue weighted by atomic mass is 10.1. The summed E-state index contributed by atoms with van der Waals surface area (Å²) in [4.78, 5) is 27.7. The Morgan fingerprint density at radius 3 is 2.14 bits per heavy atom. The molecule has 28 heavy (non-hydrogen) atoms. The Balaban J connectivity index is 1.70. The van der Waals surface area contributed by atoms with Crippen molar-refractivity contribution in [2.75, 3.05) is 16.0 Å². The number of benzene rings is 2. The van der Waals surface area contributed by atoms with Crippen molar-refractivity contribution >= 4 is 34.6 Å². The molecule has 1 heterocycles. The second-order valence-electron chi connectivity index (χ2n) is 6.59. The lowest BCUT2D eigenvalue weighted by Crippen LogP contribution is -2.14. The maximum absolute atomic E-state index is 12.5. The van der Waals surface area contributed by atoms with Crippen LogP contribution in [0.25, 0.3) is 0 Å². The molecule has 2 amide bonds. The van der Waals surface area contributed by atoms with Gasteiger partial charge in [-0.2, -0.15) is 0 Å². The van der Waals surface area contributed by atoms with Crippen molar-refractivity contribution in [1.29, 1.82) is 0 Å². The summed E-state index contributed by atoms with van der Waals surface area (Å²) in [6, 6.07) is 16.6. The number of rotatable bonds is 5. The minimum absolute atomic E-state index is 0.144. The highest BCUT2D eigenvalue weighted by Gasteiger charge is 2.09. The van der Waals surface area contributed by atoms with Crippen molar-refractivity contribution in [3.05, 3.63) is 77.6 Å². The van der Waals surface area contributed by atoms with Crippen LogP contribution in [0.4, 0.5) is 22.7 Å². The zero-order valence-corrected chi connectivity index (χ0v) is 16.0. The smallest absolute Gasteiger partial charge is 0.274 e. The topological polar surface area (TPSA) is 83.1 Å². The molecule has 0 bridgehead atoms. The minimum Gasteiger partial charge on any atom is -0.355 e. The SMILES string of the molecule is CC(=O)Nc1ccc(NC(=O)c2cc(Nc3ccc(C)cc3C)ccn2)cc1. The van der Waals surface area contributed by atoms with Gasteiger partial charge in [-0.25, -0.2) is 0 Å². The molecule has 0 aliphatic rings. The van der Waals surface area contributed by atoms with Gasteiger partial charge in [0.1, 0.15) is 5.69 Å². The molecule has 6 heteroatoms. The average molecular weight is 374 g/mol. The molecule has 0 saturated carbocycles. The molecule has 2 aromatic carbocycles. The van der Waals surface area contributed by atoms with Gasteiger partial charge in [0, 0.05) is 35.9 Å². The molecule has 0 fully saturated rings. The van der Waals surface area contributed by atoms with Gasteiger partial charge in [-0.05, 0) is 61.9 Å². The summed E-state index contributed by atoms with van der Waals surface area (Å²) in [5, 5.41) is 8.81. The minimum atomic E-state index is -0.309. The van der Waals surface area contributed by atoms with Crippen LogP contribution in [0.1, 0.15) is 28.5 Å². The Hall–Kier alpha value is -3.67. The quantitative estimate of drug-likeness (QED) is 0.607. The van der Waals surface area contributed by atoms with Crippen LogP contribution in [0.2, 0.25) is 0 Å². The first kappa shape index (κ1) is 19.1. The number of anilines is 4. The summed E-state index contributed by atoms with van der Waals surface area (Å²) in [6.45, 7) is 5.53. The summed E-state index contributed by atoms with van der Waals surface area (Å²) in [5.74, 6) is -0.453. The summed E-state index contributed by atoms with van der Waals surface area (Å²) in [5.41, 5.74) is 5.69. The molecule has 6 nitrogen and oxygen atoms in total. The number of amides is 2. The zero-order chi connectivity index (χ0) is 20.1. The molecular weight excluding hydrogens is 352 g/mol. The van der Waals surface area contributed by atoms with E-state index in [4.69, 9.17) is 0 Å². The summed E-state index contributed by atoms with van der Waals surface area (Å²) in [6.07, 6.45) is 1.60. The first-order valence-corrected chi connectivity index (χ1v) is 8.90. The first-order chi connectivity index (χ1) is 13.4. The summed E-state index contributed by atoms with van der Waals surface area (Å²) < 4.78 is 0. The summed E-state index contributed by atoms with van der Waals surface area (Å²) >= 11 is 0. The van der Waals surface area contributed by atoms with Gasteiger partial charge in [-0.15, -0.1) is 0 Å². The van der Waals surface area contributed by atoms with Crippen LogP contribution in [0.5, 0.6) is 0 Å². The molecule has 0 radical (unpaired) electrons. The van der Waals surface area contributed by atoms with Crippen LogP contribution in [0.3, 0.4) is 0 Å². The molecule has 3 N–H and O–H groups in total. The van der Waals surface area contributed by atoms with E-state index in [9.17, 15) is 9.59 Å². The fraction of sp³-hybridized carbons (Fsp3) is 0.136. The average Bonchev–Trinajstić information content (AvgIpc) is 2.65. The van der Waals surface area contributed by atoms with E-state index < -0.39 is 0 Å². The molecule has 0 saturated heterocycles. The van der Waals surface area contributed by atoms with Crippen molar-refractivity contribution < 1.29 is 9.59 Å². The van der Waals surface area contributed by atoms with E-state index in [-0.39, 0.29) is 11.8 Å². The Morgan fingerprint density at radius 1 is 0.821 bits per heavy atom. The van der Waals surface area contributed by atoms with E-state index in [2.05, 4.69) is 27.0 Å². The number of nitrogens with zero attached hydrogens (tertiary/aromatic N) is 1. The largest absolute Gasteiger partial charge is 0.355 e. The van der Waals surface area contributed by atoms with Gasteiger partial charge in [0.25, 0.3) is 5.91 Å². The highest BCUT2D eigenvalue weighted by molar-refractivity contribution is 6.03. The molecular formula is C22H22N4O2. The van der Waals surface area contributed by atoms with Crippen LogP contribution in [-0.4, -0.2) is 16.8 Å². The number of carbonyl (C=O) groups is 2. The molecule has 142 valence electrons. The fourth-order valence-electron chi connectivity index (χ4n) is 2.78.